The molecule has 1 heterocycles. The average Bonchev–Trinajstić information content (AvgIpc) is 2.47. The second-order valence-corrected chi connectivity index (χ2v) is 4.75. The van der Waals surface area contributed by atoms with Gasteiger partial charge in [-0.1, -0.05) is 0 Å². The van der Waals surface area contributed by atoms with E-state index >= 15 is 0 Å². The molecule has 2 rings (SSSR count). The predicted octanol–water partition coefficient (Wildman–Crippen LogP) is 0.833. The molecule has 86 valence electrons. The Morgan fingerprint density at radius 2 is 2.20 bits per heavy atom. The third-order valence-electron chi connectivity index (χ3n) is 2.95. The van der Waals surface area contributed by atoms with E-state index < -0.39 is 0 Å². The van der Waals surface area contributed by atoms with Crippen LogP contribution in [0.1, 0.15) is 26.7 Å². The Hall–Kier alpha value is -0.770. The summed E-state index contributed by atoms with van der Waals surface area (Å²) in [6.45, 7) is 6.16. The van der Waals surface area contributed by atoms with E-state index in [2.05, 4.69) is 36.1 Å². The molecule has 0 aromatic rings. The molecule has 1 saturated carbocycles. The Morgan fingerprint density at radius 3 is 2.73 bits per heavy atom. The normalized spacial score (nSPS) is 30.4. The molecule has 15 heavy (non-hydrogen) atoms. The molecule has 0 saturated heterocycles. The maximum atomic E-state index is 5.71. The van der Waals surface area contributed by atoms with Crippen LogP contribution in [0.2, 0.25) is 0 Å². The molecule has 0 unspecified atom stereocenters. The molecular formula is C11H21N3O. The molecule has 0 aromatic heterocycles. The van der Waals surface area contributed by atoms with Crippen LogP contribution in [-0.4, -0.2) is 49.2 Å². The van der Waals surface area contributed by atoms with Crippen LogP contribution in [0.4, 0.5) is 0 Å². The van der Waals surface area contributed by atoms with Gasteiger partial charge in [0, 0.05) is 19.6 Å². The standard InChI is InChI=1S/C11H21N3O/c1-8(2)15-10-6-9(7-10)13-11-12-4-5-14(11)3/h8-10H,4-7H2,1-3H3,(H,12,13). The van der Waals surface area contributed by atoms with Crippen LogP contribution in [0.3, 0.4) is 0 Å². The number of rotatable bonds is 3. The van der Waals surface area contributed by atoms with E-state index in [1.807, 2.05) is 0 Å². The minimum absolute atomic E-state index is 0.349. The third kappa shape index (κ3) is 2.62. The predicted molar refractivity (Wildman–Crippen MR) is 61.1 cm³/mol. The quantitative estimate of drug-likeness (QED) is 0.751. The zero-order valence-electron chi connectivity index (χ0n) is 9.86. The molecule has 0 radical (unpaired) electrons. The van der Waals surface area contributed by atoms with E-state index in [1.54, 1.807) is 0 Å². The van der Waals surface area contributed by atoms with Gasteiger partial charge >= 0.3 is 0 Å². The van der Waals surface area contributed by atoms with Crippen molar-refractivity contribution in [2.75, 3.05) is 20.1 Å². The maximum absolute atomic E-state index is 5.71. The van der Waals surface area contributed by atoms with Crippen LogP contribution in [0, 0.1) is 0 Å². The van der Waals surface area contributed by atoms with Crippen molar-refractivity contribution in [3.63, 3.8) is 0 Å². The second kappa shape index (κ2) is 4.39. The molecule has 4 heteroatoms. The van der Waals surface area contributed by atoms with E-state index in [4.69, 9.17) is 4.74 Å². The first-order chi connectivity index (χ1) is 7.15. The lowest BCUT2D eigenvalue weighted by atomic mass is 9.89. The fourth-order valence-electron chi connectivity index (χ4n) is 2.05. The van der Waals surface area contributed by atoms with Gasteiger partial charge < -0.3 is 15.0 Å². The summed E-state index contributed by atoms with van der Waals surface area (Å²) < 4.78 is 5.71. The molecule has 0 bridgehead atoms. The van der Waals surface area contributed by atoms with E-state index in [1.165, 1.54) is 0 Å². The third-order valence-corrected chi connectivity index (χ3v) is 2.95. The molecule has 4 nitrogen and oxygen atoms in total. The van der Waals surface area contributed by atoms with E-state index in [-0.39, 0.29) is 0 Å². The average molecular weight is 211 g/mol. The maximum Gasteiger partial charge on any atom is 0.194 e. The molecule has 0 spiro atoms. The highest BCUT2D eigenvalue weighted by Gasteiger charge is 2.32. The largest absolute Gasteiger partial charge is 0.375 e. The Kier molecular flexibility index (Phi) is 3.14. The van der Waals surface area contributed by atoms with Crippen LogP contribution < -0.4 is 5.32 Å². The van der Waals surface area contributed by atoms with Crippen molar-refractivity contribution in [2.24, 2.45) is 4.99 Å². The lowest BCUT2D eigenvalue weighted by Gasteiger charge is -2.37. The lowest BCUT2D eigenvalue weighted by Crippen LogP contribution is -2.51. The van der Waals surface area contributed by atoms with Crippen molar-refractivity contribution in [3.8, 4) is 0 Å². The SMILES string of the molecule is CC(C)OC1CC(NC2=NCCN2C)C1. The zero-order chi connectivity index (χ0) is 10.8. The summed E-state index contributed by atoms with van der Waals surface area (Å²) in [5.74, 6) is 1.06. The number of ether oxygens (including phenoxy) is 1. The highest BCUT2D eigenvalue weighted by molar-refractivity contribution is 5.81. The van der Waals surface area contributed by atoms with E-state index in [0.29, 0.717) is 18.2 Å². The summed E-state index contributed by atoms with van der Waals surface area (Å²) in [5.41, 5.74) is 0. The van der Waals surface area contributed by atoms with Crippen LogP contribution in [0.15, 0.2) is 4.99 Å². The molecule has 0 atom stereocenters. The molecule has 2 aliphatic rings. The Bertz CT molecular complexity index is 246. The fourth-order valence-corrected chi connectivity index (χ4v) is 2.05. The van der Waals surface area contributed by atoms with E-state index in [9.17, 15) is 0 Å². The molecule has 0 aromatic carbocycles. The van der Waals surface area contributed by atoms with Gasteiger partial charge in [0.2, 0.25) is 0 Å². The van der Waals surface area contributed by atoms with Gasteiger partial charge in [-0.05, 0) is 26.7 Å². The zero-order valence-corrected chi connectivity index (χ0v) is 9.86. The van der Waals surface area contributed by atoms with Gasteiger partial charge in [-0.25, -0.2) is 0 Å². The van der Waals surface area contributed by atoms with Gasteiger partial charge in [-0.2, -0.15) is 0 Å². The van der Waals surface area contributed by atoms with Crippen molar-refractivity contribution in [1.29, 1.82) is 0 Å². The topological polar surface area (TPSA) is 36.9 Å². The van der Waals surface area contributed by atoms with Gasteiger partial charge in [-0.15, -0.1) is 0 Å². The van der Waals surface area contributed by atoms with Gasteiger partial charge in [0.15, 0.2) is 5.96 Å². The molecule has 0 amide bonds. The van der Waals surface area contributed by atoms with Crippen molar-refractivity contribution >= 4 is 5.96 Å². The summed E-state index contributed by atoms with van der Waals surface area (Å²) >= 11 is 0. The summed E-state index contributed by atoms with van der Waals surface area (Å²) in [5, 5.41) is 3.46. The Morgan fingerprint density at radius 1 is 1.47 bits per heavy atom. The highest BCUT2D eigenvalue weighted by atomic mass is 16.5. The summed E-state index contributed by atoms with van der Waals surface area (Å²) in [6.07, 6.45) is 3.04. The number of nitrogens with zero attached hydrogens (tertiary/aromatic N) is 2. The smallest absolute Gasteiger partial charge is 0.194 e. The van der Waals surface area contributed by atoms with Gasteiger partial charge in [0.25, 0.3) is 0 Å². The Labute approximate surface area is 91.7 Å². The number of aliphatic imine (C=N–C) groups is 1. The first-order valence-electron chi connectivity index (χ1n) is 5.82. The molecule has 1 aliphatic carbocycles. The monoisotopic (exact) mass is 211 g/mol. The number of nitrogens with one attached hydrogen (secondary N) is 1. The second-order valence-electron chi connectivity index (χ2n) is 4.75. The van der Waals surface area contributed by atoms with Gasteiger partial charge in [0.05, 0.1) is 18.8 Å². The van der Waals surface area contributed by atoms with Crippen LogP contribution in [0.25, 0.3) is 0 Å². The van der Waals surface area contributed by atoms with Crippen molar-refractivity contribution < 1.29 is 4.74 Å². The fraction of sp³-hybridized carbons (Fsp3) is 0.909. The molecule has 1 fully saturated rings. The number of hydrogen-bond donors (Lipinski definition) is 1. The Balaban J connectivity index is 1.67. The summed E-state index contributed by atoms with van der Waals surface area (Å²) in [4.78, 5) is 6.59. The number of hydrogen-bond acceptors (Lipinski definition) is 4. The summed E-state index contributed by atoms with van der Waals surface area (Å²) in [7, 11) is 2.08. The summed E-state index contributed by atoms with van der Waals surface area (Å²) in [6, 6.07) is 0.563. The van der Waals surface area contributed by atoms with Gasteiger partial charge in [-0.3, -0.25) is 4.99 Å². The van der Waals surface area contributed by atoms with Crippen LogP contribution >= 0.6 is 0 Å². The lowest BCUT2D eigenvalue weighted by molar-refractivity contribution is -0.0469. The molecular weight excluding hydrogens is 190 g/mol. The first-order valence-corrected chi connectivity index (χ1v) is 5.82. The number of guanidine groups is 1. The molecule has 1 N–H and O–H groups in total. The van der Waals surface area contributed by atoms with Gasteiger partial charge in [0.1, 0.15) is 0 Å². The van der Waals surface area contributed by atoms with Crippen molar-refractivity contribution in [1.82, 2.24) is 10.2 Å². The van der Waals surface area contributed by atoms with E-state index in [0.717, 1.165) is 31.9 Å². The number of likely N-dealkylation sites (N-methyl/N-ethyl adjacent to an activating group) is 1. The molecule has 1 aliphatic heterocycles. The van der Waals surface area contributed by atoms with Crippen molar-refractivity contribution in [3.05, 3.63) is 0 Å². The minimum atomic E-state index is 0.349. The van der Waals surface area contributed by atoms with Crippen molar-refractivity contribution in [2.45, 2.75) is 44.9 Å². The minimum Gasteiger partial charge on any atom is -0.375 e. The van der Waals surface area contributed by atoms with Crippen LogP contribution in [0.5, 0.6) is 0 Å². The highest BCUT2D eigenvalue weighted by Crippen LogP contribution is 2.24. The van der Waals surface area contributed by atoms with Crippen LogP contribution in [-0.2, 0) is 4.74 Å². The first kappa shape index (κ1) is 10.7.